The number of nitrogens with zero attached hydrogens (tertiary/aromatic N) is 1. The molecule has 0 unspecified atom stereocenters. The quantitative estimate of drug-likeness (QED) is 0.748. The van der Waals surface area contributed by atoms with Gasteiger partial charge < -0.3 is 9.47 Å². The van der Waals surface area contributed by atoms with Crippen molar-refractivity contribution in [2.75, 3.05) is 13.7 Å². The fourth-order valence-corrected chi connectivity index (χ4v) is 1.82. The number of aliphatic imine (C=N–C) groups is 1. The molecule has 0 amide bonds. The Morgan fingerprint density at radius 2 is 1.85 bits per heavy atom. The zero-order chi connectivity index (χ0) is 14.2. The third kappa shape index (κ3) is 3.85. The van der Waals surface area contributed by atoms with Gasteiger partial charge in [0.05, 0.1) is 7.11 Å². The van der Waals surface area contributed by atoms with Crippen LogP contribution in [0.15, 0.2) is 53.5 Å². The maximum Gasteiger partial charge on any atom is 0.162 e. The summed E-state index contributed by atoms with van der Waals surface area (Å²) in [7, 11) is 1.64. The summed E-state index contributed by atoms with van der Waals surface area (Å²) >= 11 is 0. The van der Waals surface area contributed by atoms with Gasteiger partial charge in [-0.05, 0) is 36.2 Å². The van der Waals surface area contributed by atoms with Gasteiger partial charge in [0.25, 0.3) is 0 Å². The van der Waals surface area contributed by atoms with Crippen molar-refractivity contribution < 1.29 is 9.47 Å². The molecule has 0 aliphatic rings. The van der Waals surface area contributed by atoms with Gasteiger partial charge in [-0.2, -0.15) is 0 Å². The maximum absolute atomic E-state index is 5.85. The third-order valence-corrected chi connectivity index (χ3v) is 2.85. The topological polar surface area (TPSA) is 30.8 Å². The minimum Gasteiger partial charge on any atom is -0.493 e. The minimum atomic E-state index is 0.519. The Kier molecular flexibility index (Phi) is 5.18. The molecule has 0 fully saturated rings. The monoisotopic (exact) mass is 269 g/mol. The summed E-state index contributed by atoms with van der Waals surface area (Å²) in [6.07, 6.45) is 1.84. The molecule has 0 radical (unpaired) electrons. The van der Waals surface area contributed by atoms with Gasteiger partial charge in [-0.3, -0.25) is 4.99 Å². The highest BCUT2D eigenvalue weighted by atomic mass is 16.5. The van der Waals surface area contributed by atoms with Crippen molar-refractivity contribution in [3.63, 3.8) is 0 Å². The molecule has 0 aliphatic carbocycles. The number of methoxy groups -OCH3 is 1. The van der Waals surface area contributed by atoms with E-state index in [4.69, 9.17) is 9.47 Å². The van der Waals surface area contributed by atoms with Crippen molar-refractivity contribution in [1.29, 1.82) is 0 Å². The summed E-state index contributed by atoms with van der Waals surface area (Å²) in [4.78, 5) is 4.24. The van der Waals surface area contributed by atoms with Crippen LogP contribution in [0.2, 0.25) is 0 Å². The number of hydrogen-bond acceptors (Lipinski definition) is 3. The molecule has 0 saturated heterocycles. The SMILES string of the molecule is CCN=Cc1ccc(OC)c(OCc2ccccc2)c1. The van der Waals surface area contributed by atoms with Gasteiger partial charge in [-0.25, -0.2) is 0 Å². The molecule has 2 rings (SSSR count). The van der Waals surface area contributed by atoms with Crippen molar-refractivity contribution in [2.45, 2.75) is 13.5 Å². The average Bonchev–Trinajstić information content (AvgIpc) is 2.52. The van der Waals surface area contributed by atoms with Crippen LogP contribution in [0.4, 0.5) is 0 Å². The standard InChI is InChI=1S/C17H19NO2/c1-3-18-12-15-9-10-16(19-2)17(11-15)20-13-14-7-5-4-6-8-14/h4-12H,3,13H2,1-2H3. The molecule has 0 spiro atoms. The van der Waals surface area contributed by atoms with Gasteiger partial charge >= 0.3 is 0 Å². The largest absolute Gasteiger partial charge is 0.493 e. The number of benzene rings is 2. The molecule has 0 bridgehead atoms. The summed E-state index contributed by atoms with van der Waals surface area (Å²) < 4.78 is 11.2. The second kappa shape index (κ2) is 7.34. The van der Waals surface area contributed by atoms with Crippen LogP contribution >= 0.6 is 0 Å². The van der Waals surface area contributed by atoms with E-state index in [1.807, 2.05) is 61.7 Å². The molecule has 0 atom stereocenters. The smallest absolute Gasteiger partial charge is 0.162 e. The number of rotatable bonds is 6. The third-order valence-electron chi connectivity index (χ3n) is 2.85. The molecule has 0 saturated carbocycles. The van der Waals surface area contributed by atoms with E-state index in [0.29, 0.717) is 6.61 Å². The van der Waals surface area contributed by atoms with Crippen molar-refractivity contribution in [3.05, 3.63) is 59.7 Å². The Labute approximate surface area is 119 Å². The molecule has 2 aromatic rings. The highest BCUT2D eigenvalue weighted by Crippen LogP contribution is 2.28. The van der Waals surface area contributed by atoms with Crippen molar-refractivity contribution in [2.24, 2.45) is 4.99 Å². The normalized spacial score (nSPS) is 10.7. The van der Waals surface area contributed by atoms with E-state index in [0.717, 1.165) is 29.2 Å². The van der Waals surface area contributed by atoms with Crippen LogP contribution < -0.4 is 9.47 Å². The predicted molar refractivity (Wildman–Crippen MR) is 81.9 cm³/mol. The van der Waals surface area contributed by atoms with Gasteiger partial charge in [0.2, 0.25) is 0 Å². The lowest BCUT2D eigenvalue weighted by Crippen LogP contribution is -1.98. The number of hydrogen-bond donors (Lipinski definition) is 0. The maximum atomic E-state index is 5.85. The lowest BCUT2D eigenvalue weighted by molar-refractivity contribution is 0.284. The lowest BCUT2D eigenvalue weighted by atomic mass is 10.2. The van der Waals surface area contributed by atoms with E-state index in [-0.39, 0.29) is 0 Å². The van der Waals surface area contributed by atoms with Crippen molar-refractivity contribution in [3.8, 4) is 11.5 Å². The van der Waals surface area contributed by atoms with Crippen LogP contribution in [0.5, 0.6) is 11.5 Å². The lowest BCUT2D eigenvalue weighted by Gasteiger charge is -2.11. The van der Waals surface area contributed by atoms with Crippen molar-refractivity contribution >= 4 is 6.21 Å². The van der Waals surface area contributed by atoms with E-state index in [2.05, 4.69) is 4.99 Å². The average molecular weight is 269 g/mol. The molecule has 104 valence electrons. The first kappa shape index (κ1) is 14.1. The van der Waals surface area contributed by atoms with E-state index < -0.39 is 0 Å². The Bertz CT molecular complexity index is 564. The summed E-state index contributed by atoms with van der Waals surface area (Å²) in [6, 6.07) is 15.9. The van der Waals surface area contributed by atoms with Gasteiger partial charge in [0.15, 0.2) is 11.5 Å². The molecular weight excluding hydrogens is 250 g/mol. The summed E-state index contributed by atoms with van der Waals surface area (Å²) in [5.74, 6) is 1.46. The first-order chi connectivity index (χ1) is 9.83. The van der Waals surface area contributed by atoms with Crippen LogP contribution in [-0.4, -0.2) is 19.9 Å². The van der Waals surface area contributed by atoms with E-state index in [1.165, 1.54) is 0 Å². The van der Waals surface area contributed by atoms with Gasteiger partial charge in [-0.1, -0.05) is 30.3 Å². The second-order valence-electron chi connectivity index (χ2n) is 4.31. The van der Waals surface area contributed by atoms with E-state index in [9.17, 15) is 0 Å². The zero-order valence-electron chi connectivity index (χ0n) is 11.9. The van der Waals surface area contributed by atoms with Crippen molar-refractivity contribution in [1.82, 2.24) is 0 Å². The fourth-order valence-electron chi connectivity index (χ4n) is 1.82. The summed E-state index contributed by atoms with van der Waals surface area (Å²) in [5, 5.41) is 0. The highest BCUT2D eigenvalue weighted by Gasteiger charge is 2.05. The second-order valence-corrected chi connectivity index (χ2v) is 4.31. The summed E-state index contributed by atoms with van der Waals surface area (Å²) in [5.41, 5.74) is 2.14. The zero-order valence-corrected chi connectivity index (χ0v) is 11.9. The Balaban J connectivity index is 2.14. The van der Waals surface area contributed by atoms with Crippen LogP contribution in [0.1, 0.15) is 18.1 Å². The molecule has 0 aromatic heterocycles. The fraction of sp³-hybridized carbons (Fsp3) is 0.235. The van der Waals surface area contributed by atoms with Crippen LogP contribution in [0, 0.1) is 0 Å². The van der Waals surface area contributed by atoms with Gasteiger partial charge in [0.1, 0.15) is 6.61 Å². The molecule has 3 heteroatoms. The molecule has 20 heavy (non-hydrogen) atoms. The highest BCUT2D eigenvalue weighted by molar-refractivity contribution is 5.80. The molecule has 0 aliphatic heterocycles. The van der Waals surface area contributed by atoms with E-state index in [1.54, 1.807) is 7.11 Å². The number of ether oxygens (including phenoxy) is 2. The molecule has 3 nitrogen and oxygen atoms in total. The minimum absolute atomic E-state index is 0.519. The first-order valence-electron chi connectivity index (χ1n) is 6.68. The van der Waals surface area contributed by atoms with Crippen LogP contribution in [0.3, 0.4) is 0 Å². The van der Waals surface area contributed by atoms with Crippen LogP contribution in [-0.2, 0) is 6.61 Å². The molecule has 0 heterocycles. The Hall–Kier alpha value is -2.29. The van der Waals surface area contributed by atoms with Crippen LogP contribution in [0.25, 0.3) is 0 Å². The Morgan fingerprint density at radius 3 is 2.55 bits per heavy atom. The molecule has 0 N–H and O–H groups in total. The molecular formula is C17H19NO2. The Morgan fingerprint density at radius 1 is 1.05 bits per heavy atom. The first-order valence-corrected chi connectivity index (χ1v) is 6.68. The van der Waals surface area contributed by atoms with Gasteiger partial charge in [-0.15, -0.1) is 0 Å². The predicted octanol–water partition coefficient (Wildman–Crippen LogP) is 3.71. The van der Waals surface area contributed by atoms with Gasteiger partial charge in [0, 0.05) is 12.8 Å². The summed E-state index contributed by atoms with van der Waals surface area (Å²) in [6.45, 7) is 3.30. The molecule has 2 aromatic carbocycles. The van der Waals surface area contributed by atoms with E-state index >= 15 is 0 Å².